The van der Waals surface area contributed by atoms with Gasteiger partial charge in [-0.15, -0.1) is 11.3 Å². The number of hydrogen-bond acceptors (Lipinski definition) is 5. The summed E-state index contributed by atoms with van der Waals surface area (Å²) in [6, 6.07) is 0. The maximum atomic E-state index is 10.5. The molecule has 1 aromatic rings. The Kier molecular flexibility index (Phi) is 3.90. The first-order valence-electron chi connectivity index (χ1n) is 5.37. The second kappa shape index (κ2) is 5.24. The molecule has 1 aliphatic heterocycles. The standard InChI is InChI=1S/C10H14O5S2/c11-17(12,13)6-2-1-3-9-10-8(7-16-9)14-4-5-15-10/h7H,1-6H2,(H,11,12,13). The quantitative estimate of drug-likeness (QED) is 0.656. The van der Waals surface area contributed by atoms with E-state index in [0.29, 0.717) is 26.1 Å². The molecule has 2 rings (SSSR count). The normalized spacial score (nSPS) is 14.9. The fraction of sp³-hybridized carbons (Fsp3) is 0.600. The van der Waals surface area contributed by atoms with Gasteiger partial charge in [-0.2, -0.15) is 8.42 Å². The Balaban J connectivity index is 1.85. The number of ether oxygens (including phenoxy) is 2. The maximum absolute atomic E-state index is 10.5. The number of fused-ring (bicyclic) bond motifs is 1. The third-order valence-corrected chi connectivity index (χ3v) is 4.24. The van der Waals surface area contributed by atoms with E-state index < -0.39 is 10.1 Å². The molecule has 1 N–H and O–H groups in total. The van der Waals surface area contributed by atoms with Crippen LogP contribution < -0.4 is 9.47 Å². The summed E-state index contributed by atoms with van der Waals surface area (Å²) < 4.78 is 40.6. The van der Waals surface area contributed by atoms with Gasteiger partial charge in [0.2, 0.25) is 0 Å². The Labute approximate surface area is 104 Å². The molecule has 7 heteroatoms. The first-order valence-corrected chi connectivity index (χ1v) is 7.86. The second-order valence-corrected chi connectivity index (χ2v) is 6.33. The molecule has 2 heterocycles. The van der Waals surface area contributed by atoms with E-state index in [0.717, 1.165) is 22.8 Å². The minimum Gasteiger partial charge on any atom is -0.485 e. The molecule has 1 aliphatic rings. The van der Waals surface area contributed by atoms with Crippen LogP contribution in [0.5, 0.6) is 11.5 Å². The Morgan fingerprint density at radius 2 is 2.06 bits per heavy atom. The summed E-state index contributed by atoms with van der Waals surface area (Å²) in [6.07, 6.45) is 1.90. The molecule has 0 amide bonds. The van der Waals surface area contributed by atoms with E-state index in [1.165, 1.54) is 0 Å². The largest absolute Gasteiger partial charge is 0.485 e. The lowest BCUT2D eigenvalue weighted by Gasteiger charge is -2.15. The molecule has 0 spiro atoms. The number of unbranched alkanes of at least 4 members (excludes halogenated alkanes) is 1. The molecule has 17 heavy (non-hydrogen) atoms. The Morgan fingerprint density at radius 1 is 1.29 bits per heavy atom. The fourth-order valence-corrected chi connectivity index (χ4v) is 3.18. The summed E-state index contributed by atoms with van der Waals surface area (Å²) in [5.74, 6) is 1.40. The molecule has 1 aromatic heterocycles. The van der Waals surface area contributed by atoms with Crippen molar-refractivity contribution in [3.63, 3.8) is 0 Å². The molecule has 0 radical (unpaired) electrons. The Hall–Kier alpha value is -0.790. The molecular formula is C10H14O5S2. The summed E-state index contributed by atoms with van der Waals surface area (Å²) in [7, 11) is -3.84. The zero-order valence-corrected chi connectivity index (χ0v) is 10.8. The summed E-state index contributed by atoms with van der Waals surface area (Å²) in [6.45, 7) is 1.13. The van der Waals surface area contributed by atoms with Gasteiger partial charge in [-0.1, -0.05) is 0 Å². The van der Waals surface area contributed by atoms with Gasteiger partial charge in [-0.05, 0) is 19.3 Å². The highest BCUT2D eigenvalue weighted by Gasteiger charge is 2.18. The Bertz CT molecular complexity index is 477. The predicted octanol–water partition coefficient (Wildman–Crippen LogP) is 1.73. The zero-order chi connectivity index (χ0) is 12.3. The van der Waals surface area contributed by atoms with Crippen molar-refractivity contribution in [1.29, 1.82) is 0 Å². The summed E-state index contributed by atoms with van der Waals surface area (Å²) in [5.41, 5.74) is 0. The zero-order valence-electron chi connectivity index (χ0n) is 9.22. The second-order valence-electron chi connectivity index (χ2n) is 3.79. The molecule has 0 saturated carbocycles. The smallest absolute Gasteiger partial charge is 0.264 e. The van der Waals surface area contributed by atoms with Gasteiger partial charge in [0.05, 0.1) is 10.6 Å². The van der Waals surface area contributed by atoms with E-state index in [9.17, 15) is 8.42 Å². The van der Waals surface area contributed by atoms with Crippen LogP contribution in [0.25, 0.3) is 0 Å². The third kappa shape index (κ3) is 3.58. The Morgan fingerprint density at radius 3 is 2.82 bits per heavy atom. The summed E-state index contributed by atoms with van der Waals surface area (Å²) in [4.78, 5) is 1.08. The molecule has 0 aliphatic carbocycles. The van der Waals surface area contributed by atoms with Gasteiger partial charge in [0.25, 0.3) is 10.1 Å². The summed E-state index contributed by atoms with van der Waals surface area (Å²) in [5, 5.41) is 1.91. The van der Waals surface area contributed by atoms with Crippen LogP contribution in [0.1, 0.15) is 17.7 Å². The lowest BCUT2D eigenvalue weighted by atomic mass is 10.2. The van der Waals surface area contributed by atoms with Crippen LogP contribution in [0.15, 0.2) is 5.38 Å². The fourth-order valence-electron chi connectivity index (χ4n) is 1.66. The maximum Gasteiger partial charge on any atom is 0.264 e. The molecular weight excluding hydrogens is 264 g/mol. The molecule has 0 bridgehead atoms. The monoisotopic (exact) mass is 278 g/mol. The van der Waals surface area contributed by atoms with E-state index in [2.05, 4.69) is 0 Å². The van der Waals surface area contributed by atoms with Crippen LogP contribution in [0.4, 0.5) is 0 Å². The topological polar surface area (TPSA) is 72.8 Å². The van der Waals surface area contributed by atoms with Crippen LogP contribution in [0, 0.1) is 0 Å². The van der Waals surface area contributed by atoms with Crippen molar-refractivity contribution < 1.29 is 22.4 Å². The number of rotatable bonds is 5. The van der Waals surface area contributed by atoms with Gasteiger partial charge in [-0.25, -0.2) is 0 Å². The van der Waals surface area contributed by atoms with Crippen molar-refractivity contribution in [2.24, 2.45) is 0 Å². The van der Waals surface area contributed by atoms with Crippen LogP contribution in [0.3, 0.4) is 0 Å². The average molecular weight is 278 g/mol. The molecule has 0 unspecified atom stereocenters. The molecule has 0 aromatic carbocycles. The first-order chi connectivity index (χ1) is 8.06. The van der Waals surface area contributed by atoms with Gasteiger partial charge in [0.1, 0.15) is 13.2 Å². The van der Waals surface area contributed by atoms with Crippen molar-refractivity contribution >= 4 is 21.5 Å². The van der Waals surface area contributed by atoms with Gasteiger partial charge in [0, 0.05) is 5.38 Å². The van der Waals surface area contributed by atoms with Gasteiger partial charge < -0.3 is 9.47 Å². The highest BCUT2D eigenvalue weighted by atomic mass is 32.2. The number of aryl methyl sites for hydroxylation is 1. The van der Waals surface area contributed by atoms with Crippen molar-refractivity contribution in [3.8, 4) is 11.5 Å². The van der Waals surface area contributed by atoms with E-state index in [4.69, 9.17) is 14.0 Å². The lowest BCUT2D eigenvalue weighted by Crippen LogP contribution is -2.14. The van der Waals surface area contributed by atoms with Crippen molar-refractivity contribution in [1.82, 2.24) is 0 Å². The average Bonchev–Trinajstić information content (AvgIpc) is 2.67. The SMILES string of the molecule is O=S(=O)(O)CCCCc1scc2c1OCCO2. The summed E-state index contributed by atoms with van der Waals surface area (Å²) >= 11 is 1.56. The molecule has 0 saturated heterocycles. The third-order valence-electron chi connectivity index (χ3n) is 2.43. The van der Waals surface area contributed by atoms with E-state index in [-0.39, 0.29) is 5.75 Å². The van der Waals surface area contributed by atoms with E-state index in [1.807, 2.05) is 5.38 Å². The van der Waals surface area contributed by atoms with Crippen molar-refractivity contribution in [2.45, 2.75) is 19.3 Å². The highest BCUT2D eigenvalue weighted by Crippen LogP contribution is 2.39. The van der Waals surface area contributed by atoms with Crippen LogP contribution >= 0.6 is 11.3 Å². The van der Waals surface area contributed by atoms with Crippen LogP contribution in [0.2, 0.25) is 0 Å². The van der Waals surface area contributed by atoms with Gasteiger partial charge >= 0.3 is 0 Å². The number of hydrogen-bond donors (Lipinski definition) is 1. The van der Waals surface area contributed by atoms with Crippen molar-refractivity contribution in [3.05, 3.63) is 10.3 Å². The number of thiophene rings is 1. The minimum absolute atomic E-state index is 0.183. The highest BCUT2D eigenvalue weighted by molar-refractivity contribution is 7.85. The molecule has 96 valence electrons. The van der Waals surface area contributed by atoms with Gasteiger partial charge in [-0.3, -0.25) is 4.55 Å². The molecule has 0 fully saturated rings. The molecule has 5 nitrogen and oxygen atoms in total. The molecule has 0 atom stereocenters. The lowest BCUT2D eigenvalue weighted by molar-refractivity contribution is 0.172. The van der Waals surface area contributed by atoms with Crippen LogP contribution in [-0.2, 0) is 16.5 Å². The van der Waals surface area contributed by atoms with E-state index >= 15 is 0 Å². The first kappa shape index (κ1) is 12.7. The van der Waals surface area contributed by atoms with E-state index in [1.54, 1.807) is 11.3 Å². The van der Waals surface area contributed by atoms with Gasteiger partial charge in [0.15, 0.2) is 11.5 Å². The minimum atomic E-state index is -3.84. The van der Waals surface area contributed by atoms with Crippen LogP contribution in [-0.4, -0.2) is 31.9 Å². The van der Waals surface area contributed by atoms with Crippen molar-refractivity contribution in [2.75, 3.05) is 19.0 Å². The predicted molar refractivity (Wildman–Crippen MR) is 64.7 cm³/mol.